The van der Waals surface area contributed by atoms with E-state index in [1.165, 1.54) is 7.05 Å². The molecule has 0 spiro atoms. The Morgan fingerprint density at radius 3 is 2.31 bits per heavy atom. The molecular formula is C12H16N2O2. The van der Waals surface area contributed by atoms with E-state index in [-0.39, 0.29) is 11.5 Å². The van der Waals surface area contributed by atoms with Gasteiger partial charge in [-0.1, -0.05) is 19.9 Å². The molecule has 0 aliphatic rings. The van der Waals surface area contributed by atoms with Gasteiger partial charge in [0.15, 0.2) is 0 Å². The molecule has 2 amide bonds. The summed E-state index contributed by atoms with van der Waals surface area (Å²) in [6.45, 7) is 4.04. The minimum Gasteiger partial charge on any atom is -0.366 e. The van der Waals surface area contributed by atoms with E-state index in [0.717, 1.165) is 5.56 Å². The summed E-state index contributed by atoms with van der Waals surface area (Å²) in [5, 5.41) is 2.50. The fourth-order valence-corrected chi connectivity index (χ4v) is 1.46. The Labute approximate surface area is 94.8 Å². The largest absolute Gasteiger partial charge is 0.366 e. The molecule has 0 aliphatic carbocycles. The highest BCUT2D eigenvalue weighted by Crippen LogP contribution is 2.18. The summed E-state index contributed by atoms with van der Waals surface area (Å²) in [5.41, 5.74) is 6.81. The zero-order valence-corrected chi connectivity index (χ0v) is 9.70. The van der Waals surface area contributed by atoms with E-state index in [2.05, 4.69) is 5.32 Å². The van der Waals surface area contributed by atoms with Crippen LogP contribution in [0.25, 0.3) is 0 Å². The standard InChI is InChI=1S/C12H16N2O2/c1-7(2)8-4-5-9(11(13)15)10(6-8)12(16)14-3/h4-7H,1-3H3,(H2,13,15)(H,14,16). The van der Waals surface area contributed by atoms with Crippen molar-refractivity contribution in [1.29, 1.82) is 0 Å². The second-order valence-corrected chi connectivity index (χ2v) is 3.90. The van der Waals surface area contributed by atoms with Crippen LogP contribution in [0.15, 0.2) is 18.2 Å². The smallest absolute Gasteiger partial charge is 0.251 e. The first-order chi connectivity index (χ1) is 7.47. The van der Waals surface area contributed by atoms with E-state index in [4.69, 9.17) is 5.73 Å². The third kappa shape index (κ3) is 2.39. The van der Waals surface area contributed by atoms with Crippen LogP contribution in [-0.2, 0) is 0 Å². The lowest BCUT2D eigenvalue weighted by Crippen LogP contribution is -2.23. The highest BCUT2D eigenvalue weighted by Gasteiger charge is 2.15. The van der Waals surface area contributed by atoms with Crippen molar-refractivity contribution in [3.05, 3.63) is 34.9 Å². The van der Waals surface area contributed by atoms with Gasteiger partial charge in [0, 0.05) is 7.05 Å². The van der Waals surface area contributed by atoms with Crippen molar-refractivity contribution in [3.63, 3.8) is 0 Å². The first-order valence-electron chi connectivity index (χ1n) is 5.13. The molecule has 1 aromatic rings. The SMILES string of the molecule is CNC(=O)c1cc(C(C)C)ccc1C(N)=O. The van der Waals surface area contributed by atoms with Gasteiger partial charge in [-0.25, -0.2) is 0 Å². The molecule has 86 valence electrons. The maximum Gasteiger partial charge on any atom is 0.251 e. The van der Waals surface area contributed by atoms with Crippen molar-refractivity contribution in [2.75, 3.05) is 7.05 Å². The molecule has 0 atom stereocenters. The Bertz CT molecular complexity index is 425. The van der Waals surface area contributed by atoms with Gasteiger partial charge in [-0.15, -0.1) is 0 Å². The summed E-state index contributed by atoms with van der Waals surface area (Å²) in [5.74, 6) is -0.587. The third-order valence-corrected chi connectivity index (χ3v) is 2.45. The number of nitrogens with one attached hydrogen (secondary N) is 1. The minimum absolute atomic E-state index is 0.253. The van der Waals surface area contributed by atoms with Crippen LogP contribution in [0.2, 0.25) is 0 Å². The molecule has 1 aromatic carbocycles. The number of nitrogens with two attached hydrogens (primary N) is 1. The second kappa shape index (κ2) is 4.79. The van der Waals surface area contributed by atoms with E-state index >= 15 is 0 Å². The molecule has 0 aromatic heterocycles. The number of benzene rings is 1. The number of rotatable bonds is 3. The summed E-state index contributed by atoms with van der Waals surface area (Å²) in [4.78, 5) is 22.8. The monoisotopic (exact) mass is 220 g/mol. The quantitative estimate of drug-likeness (QED) is 0.805. The van der Waals surface area contributed by atoms with Crippen LogP contribution in [0.1, 0.15) is 46.0 Å². The van der Waals surface area contributed by atoms with Gasteiger partial charge in [-0.05, 0) is 23.6 Å². The van der Waals surface area contributed by atoms with Crippen molar-refractivity contribution in [1.82, 2.24) is 5.32 Å². The van der Waals surface area contributed by atoms with Crippen LogP contribution in [0.3, 0.4) is 0 Å². The molecule has 0 unspecified atom stereocenters. The molecule has 0 saturated carbocycles. The van der Waals surface area contributed by atoms with Gasteiger partial charge in [-0.2, -0.15) is 0 Å². The normalized spacial score (nSPS) is 10.2. The number of amides is 2. The van der Waals surface area contributed by atoms with E-state index in [0.29, 0.717) is 11.5 Å². The van der Waals surface area contributed by atoms with Crippen LogP contribution in [0.4, 0.5) is 0 Å². The van der Waals surface area contributed by atoms with Crippen LogP contribution in [0.5, 0.6) is 0 Å². The van der Waals surface area contributed by atoms with Crippen LogP contribution < -0.4 is 11.1 Å². The van der Waals surface area contributed by atoms with E-state index in [1.807, 2.05) is 19.9 Å². The number of carbonyl (C=O) groups is 2. The van der Waals surface area contributed by atoms with Gasteiger partial charge in [0.2, 0.25) is 5.91 Å². The third-order valence-electron chi connectivity index (χ3n) is 2.45. The molecule has 0 fully saturated rings. The zero-order chi connectivity index (χ0) is 12.3. The maximum atomic E-state index is 11.6. The first-order valence-corrected chi connectivity index (χ1v) is 5.13. The molecule has 0 saturated heterocycles. The number of hydrogen-bond acceptors (Lipinski definition) is 2. The topological polar surface area (TPSA) is 72.2 Å². The van der Waals surface area contributed by atoms with Crippen LogP contribution in [-0.4, -0.2) is 18.9 Å². The maximum absolute atomic E-state index is 11.6. The summed E-state index contributed by atoms with van der Waals surface area (Å²) in [6.07, 6.45) is 0. The molecule has 16 heavy (non-hydrogen) atoms. The average molecular weight is 220 g/mol. The van der Waals surface area contributed by atoms with Gasteiger partial charge in [0.25, 0.3) is 5.91 Å². The fraction of sp³-hybridized carbons (Fsp3) is 0.333. The van der Waals surface area contributed by atoms with E-state index in [9.17, 15) is 9.59 Å². The Morgan fingerprint density at radius 2 is 1.88 bits per heavy atom. The minimum atomic E-state index is -0.589. The second-order valence-electron chi connectivity index (χ2n) is 3.90. The molecule has 4 nitrogen and oxygen atoms in total. The van der Waals surface area contributed by atoms with Gasteiger partial charge < -0.3 is 11.1 Å². The molecule has 0 radical (unpaired) electrons. The predicted molar refractivity (Wildman–Crippen MR) is 62.4 cm³/mol. The number of primary amides is 1. The van der Waals surface area contributed by atoms with Crippen molar-refractivity contribution >= 4 is 11.8 Å². The Morgan fingerprint density at radius 1 is 1.25 bits per heavy atom. The van der Waals surface area contributed by atoms with Gasteiger partial charge >= 0.3 is 0 Å². The molecule has 4 heteroatoms. The lowest BCUT2D eigenvalue weighted by molar-refractivity contribution is 0.0943. The highest BCUT2D eigenvalue weighted by molar-refractivity contribution is 6.06. The van der Waals surface area contributed by atoms with Crippen molar-refractivity contribution in [3.8, 4) is 0 Å². The highest BCUT2D eigenvalue weighted by atomic mass is 16.2. The average Bonchev–Trinajstić information content (AvgIpc) is 2.26. The summed E-state index contributed by atoms with van der Waals surface area (Å²) < 4.78 is 0. The van der Waals surface area contributed by atoms with Gasteiger partial charge in [0.05, 0.1) is 11.1 Å². The Hall–Kier alpha value is -1.84. The summed E-state index contributed by atoms with van der Waals surface area (Å²) >= 11 is 0. The molecule has 0 aliphatic heterocycles. The lowest BCUT2D eigenvalue weighted by atomic mass is 9.96. The van der Waals surface area contributed by atoms with Crippen LogP contribution >= 0.6 is 0 Å². The fourth-order valence-electron chi connectivity index (χ4n) is 1.46. The van der Waals surface area contributed by atoms with Crippen molar-refractivity contribution < 1.29 is 9.59 Å². The van der Waals surface area contributed by atoms with E-state index in [1.54, 1.807) is 12.1 Å². The summed E-state index contributed by atoms with van der Waals surface area (Å²) in [7, 11) is 1.52. The molecule has 1 rings (SSSR count). The molecule has 3 N–H and O–H groups in total. The number of carbonyl (C=O) groups excluding carboxylic acids is 2. The zero-order valence-electron chi connectivity index (χ0n) is 9.70. The van der Waals surface area contributed by atoms with E-state index < -0.39 is 5.91 Å². The lowest BCUT2D eigenvalue weighted by Gasteiger charge is -2.10. The predicted octanol–water partition coefficient (Wildman–Crippen LogP) is 1.27. The molecular weight excluding hydrogens is 204 g/mol. The van der Waals surface area contributed by atoms with Crippen molar-refractivity contribution in [2.45, 2.75) is 19.8 Å². The Kier molecular flexibility index (Phi) is 3.66. The molecule has 0 heterocycles. The van der Waals surface area contributed by atoms with Crippen LogP contribution in [0, 0.1) is 0 Å². The first kappa shape index (κ1) is 12.2. The summed E-state index contributed by atoms with van der Waals surface area (Å²) in [6, 6.07) is 5.13. The Balaban J connectivity index is 3.32. The van der Waals surface area contributed by atoms with Crippen molar-refractivity contribution in [2.24, 2.45) is 5.73 Å². The molecule has 0 bridgehead atoms. The van der Waals surface area contributed by atoms with Gasteiger partial charge in [-0.3, -0.25) is 9.59 Å². The number of hydrogen-bond donors (Lipinski definition) is 2. The van der Waals surface area contributed by atoms with Gasteiger partial charge in [0.1, 0.15) is 0 Å².